The van der Waals surface area contributed by atoms with Crippen LogP contribution in [0.3, 0.4) is 0 Å². The lowest BCUT2D eigenvalue weighted by atomic mass is 10.5. The van der Waals surface area contributed by atoms with Crippen LogP contribution < -0.4 is 11.4 Å². The number of hydrogen-bond acceptors (Lipinski definition) is 12. The van der Waals surface area contributed by atoms with E-state index in [1.165, 1.54) is 19.6 Å². The third-order valence-electron chi connectivity index (χ3n) is 4.11. The van der Waals surface area contributed by atoms with Crippen LogP contribution in [0.1, 0.15) is 27.0 Å². The molecule has 35 heavy (non-hydrogen) atoms. The molecule has 2 rings (SSSR count). The summed E-state index contributed by atoms with van der Waals surface area (Å²) in [5, 5.41) is 0. The normalized spacial score (nSPS) is 21.7. The van der Waals surface area contributed by atoms with Crippen LogP contribution in [-0.2, 0) is 31.6 Å². The first-order chi connectivity index (χ1) is 16.0. The van der Waals surface area contributed by atoms with Gasteiger partial charge in [0.2, 0.25) is 0 Å². The van der Waals surface area contributed by atoms with Crippen molar-refractivity contribution in [2.45, 2.75) is 32.4 Å². The molecule has 0 aromatic carbocycles. The van der Waals surface area contributed by atoms with Gasteiger partial charge in [0.1, 0.15) is 11.7 Å². The SMILES string of the molecule is CCN(CC)CC.Nc1nc(=O)n([C@@H]2CSC(COP(=O)(O)OP(=O)(O)OP(=O)(O)O)O2)cc1F. The maximum atomic E-state index is 13.5. The highest BCUT2D eigenvalue weighted by Crippen LogP contribution is 2.66. The van der Waals surface area contributed by atoms with E-state index < -0.39 is 59.1 Å². The maximum Gasteiger partial charge on any atom is 0.490 e. The third kappa shape index (κ3) is 11.9. The Bertz CT molecular complexity index is 1030. The molecule has 6 N–H and O–H groups in total. The van der Waals surface area contributed by atoms with Crippen molar-refractivity contribution in [3.05, 3.63) is 22.5 Å². The van der Waals surface area contributed by atoms with E-state index >= 15 is 0 Å². The fourth-order valence-electron chi connectivity index (χ4n) is 2.47. The van der Waals surface area contributed by atoms with Gasteiger partial charge in [-0.2, -0.15) is 13.6 Å². The molecule has 2 heterocycles. The number of rotatable bonds is 11. The maximum absolute atomic E-state index is 13.5. The Labute approximate surface area is 204 Å². The molecule has 1 aromatic heterocycles. The fraction of sp³-hybridized carbons (Fsp3) is 0.714. The molecule has 204 valence electrons. The summed E-state index contributed by atoms with van der Waals surface area (Å²) in [5.41, 5.74) is 3.26. The van der Waals surface area contributed by atoms with E-state index in [1.54, 1.807) is 0 Å². The molecule has 0 radical (unpaired) electrons. The van der Waals surface area contributed by atoms with Crippen molar-refractivity contribution in [3.8, 4) is 0 Å². The van der Waals surface area contributed by atoms with Gasteiger partial charge in [-0.1, -0.05) is 20.8 Å². The zero-order chi connectivity index (χ0) is 27.0. The molecular weight excluding hydrogens is 560 g/mol. The Balaban J connectivity index is 0.000000762. The lowest BCUT2D eigenvalue weighted by molar-refractivity contribution is -0.00692. The summed E-state index contributed by atoms with van der Waals surface area (Å²) in [6.07, 6.45) is -0.254. The molecule has 1 aliphatic rings. The minimum atomic E-state index is -5.63. The van der Waals surface area contributed by atoms with Crippen molar-refractivity contribution in [2.75, 3.05) is 37.7 Å². The van der Waals surface area contributed by atoms with E-state index in [0.717, 1.165) is 22.5 Å². The van der Waals surface area contributed by atoms with Crippen molar-refractivity contribution in [1.29, 1.82) is 0 Å². The van der Waals surface area contributed by atoms with Gasteiger partial charge in [-0.25, -0.2) is 22.9 Å². The number of halogens is 1. The van der Waals surface area contributed by atoms with Gasteiger partial charge in [0.15, 0.2) is 11.6 Å². The van der Waals surface area contributed by atoms with Crippen LogP contribution in [0.2, 0.25) is 0 Å². The van der Waals surface area contributed by atoms with E-state index in [2.05, 4.69) is 43.8 Å². The van der Waals surface area contributed by atoms with E-state index in [9.17, 15) is 27.8 Å². The van der Waals surface area contributed by atoms with Crippen molar-refractivity contribution in [2.24, 2.45) is 0 Å². The average Bonchev–Trinajstić information content (AvgIpc) is 3.17. The van der Waals surface area contributed by atoms with Crippen molar-refractivity contribution >= 4 is 41.0 Å². The Morgan fingerprint density at radius 2 is 1.74 bits per heavy atom. The highest BCUT2D eigenvalue weighted by molar-refractivity contribution is 8.00. The lowest BCUT2D eigenvalue weighted by Crippen LogP contribution is -2.30. The van der Waals surface area contributed by atoms with Crippen LogP contribution in [0.5, 0.6) is 0 Å². The second-order valence-corrected chi connectivity index (χ2v) is 12.1. The van der Waals surface area contributed by atoms with E-state index in [-0.39, 0.29) is 5.75 Å². The van der Waals surface area contributed by atoms with E-state index in [1.807, 2.05) is 0 Å². The molecule has 21 heteroatoms. The van der Waals surface area contributed by atoms with Crippen molar-refractivity contribution in [3.63, 3.8) is 0 Å². The second kappa shape index (κ2) is 13.7. The summed E-state index contributed by atoms with van der Waals surface area (Å²) in [6.45, 7) is 9.41. The van der Waals surface area contributed by atoms with Crippen LogP contribution in [0.15, 0.2) is 11.0 Å². The smallest absolute Gasteiger partial charge is 0.381 e. The van der Waals surface area contributed by atoms with Crippen molar-refractivity contribution in [1.82, 2.24) is 14.5 Å². The number of thioether (sulfide) groups is 1. The zero-order valence-corrected chi connectivity index (χ0v) is 22.4. The summed E-state index contributed by atoms with van der Waals surface area (Å²) >= 11 is 0.969. The van der Waals surface area contributed by atoms with Crippen LogP contribution in [0, 0.1) is 5.82 Å². The van der Waals surface area contributed by atoms with Gasteiger partial charge in [0, 0.05) is 5.75 Å². The number of hydrogen-bond donors (Lipinski definition) is 5. The molecule has 0 saturated carbocycles. The molecule has 1 fully saturated rings. The largest absolute Gasteiger partial charge is 0.490 e. The first-order valence-electron chi connectivity index (χ1n) is 9.84. The molecule has 0 bridgehead atoms. The molecule has 3 unspecified atom stereocenters. The average molecular weight is 588 g/mol. The van der Waals surface area contributed by atoms with Crippen LogP contribution in [0.4, 0.5) is 10.2 Å². The Kier molecular flexibility index (Phi) is 12.7. The van der Waals surface area contributed by atoms with Gasteiger partial charge < -0.3 is 34.9 Å². The highest BCUT2D eigenvalue weighted by Gasteiger charge is 2.41. The molecule has 0 aliphatic carbocycles. The molecular formula is C14H28FN4O12P3S. The molecule has 1 saturated heterocycles. The molecule has 16 nitrogen and oxygen atoms in total. The summed E-state index contributed by atoms with van der Waals surface area (Å²) < 4.78 is 64.4. The topological polar surface area (TPSA) is 233 Å². The van der Waals surface area contributed by atoms with Gasteiger partial charge >= 0.3 is 29.2 Å². The van der Waals surface area contributed by atoms with Crippen LogP contribution >= 0.6 is 35.2 Å². The summed E-state index contributed by atoms with van der Waals surface area (Å²) in [5.74, 6) is -1.49. The summed E-state index contributed by atoms with van der Waals surface area (Å²) in [4.78, 5) is 52.6. The predicted molar refractivity (Wildman–Crippen MR) is 123 cm³/mol. The molecule has 0 spiro atoms. The number of aromatic nitrogens is 2. The van der Waals surface area contributed by atoms with Gasteiger partial charge in [-0.15, -0.1) is 11.8 Å². The Morgan fingerprint density at radius 1 is 1.17 bits per heavy atom. The van der Waals surface area contributed by atoms with E-state index in [4.69, 9.17) is 25.2 Å². The minimum absolute atomic E-state index is 0.0787. The van der Waals surface area contributed by atoms with Gasteiger partial charge in [0.25, 0.3) is 0 Å². The first-order valence-corrected chi connectivity index (χ1v) is 15.4. The van der Waals surface area contributed by atoms with E-state index in [0.29, 0.717) is 0 Å². The van der Waals surface area contributed by atoms with Gasteiger partial charge in [-0.05, 0) is 19.6 Å². The number of phosphoric ester groups is 1. The predicted octanol–water partition coefficient (Wildman–Crippen LogP) is 1.24. The van der Waals surface area contributed by atoms with Crippen molar-refractivity contribution < 1.29 is 55.5 Å². The Morgan fingerprint density at radius 3 is 2.23 bits per heavy atom. The molecule has 0 amide bonds. The Hall–Kier alpha value is -0.710. The minimum Gasteiger partial charge on any atom is -0.381 e. The molecule has 1 aliphatic heterocycles. The zero-order valence-electron chi connectivity index (χ0n) is 18.9. The molecule has 1 aromatic rings. The number of ether oxygens (including phenoxy) is 1. The van der Waals surface area contributed by atoms with Crippen LogP contribution in [0.25, 0.3) is 0 Å². The van der Waals surface area contributed by atoms with Gasteiger partial charge in [-0.3, -0.25) is 9.09 Å². The standard InChI is InChI=1S/C8H13FN3O12P3S.C6H15N/c9-4-1-12(8(13)11-7(4)10)5-3-28-6(22-5)2-21-26(17,18)24-27(19,20)23-25(14,15)16;1-4-7(5-2)6-3/h1,5-6H,2-3H2,(H,17,18)(H,19,20)(H2,10,11,13)(H2,14,15,16);4-6H2,1-3H3/t5-,6?;/m0./s1. The molecule has 4 atom stereocenters. The highest BCUT2D eigenvalue weighted by atomic mass is 32.2. The fourth-order valence-corrected chi connectivity index (χ4v) is 6.58. The number of anilines is 1. The first kappa shape index (κ1) is 32.3. The quantitative estimate of drug-likeness (QED) is 0.229. The summed E-state index contributed by atoms with van der Waals surface area (Å²) in [6, 6.07) is 0. The van der Waals surface area contributed by atoms with Gasteiger partial charge in [0.05, 0.1) is 12.8 Å². The number of nitrogens with two attached hydrogens (primary N) is 1. The third-order valence-corrected chi connectivity index (χ3v) is 9.01. The summed E-state index contributed by atoms with van der Waals surface area (Å²) in [7, 11) is -16.4. The second-order valence-electron chi connectivity index (χ2n) is 6.52. The number of nitrogens with zero attached hydrogens (tertiary/aromatic N) is 3. The monoisotopic (exact) mass is 588 g/mol. The van der Waals surface area contributed by atoms with Crippen LogP contribution in [-0.4, -0.2) is 71.5 Å². The number of nitrogen functional groups attached to an aromatic ring is 1. The lowest BCUT2D eigenvalue weighted by Gasteiger charge is -2.18. The number of phosphoric acid groups is 3.